The number of carbonyl (C=O) groups is 2. The second-order valence-electron chi connectivity index (χ2n) is 4.90. The fraction of sp³-hybridized carbons (Fsp3) is 0.118. The van der Waals surface area contributed by atoms with Crippen LogP contribution >= 0.6 is 27.3 Å². The maximum atomic E-state index is 12.0. The Morgan fingerprint density at radius 1 is 1.12 bits per heavy atom. The molecule has 1 aromatic heterocycles. The van der Waals surface area contributed by atoms with Crippen molar-refractivity contribution in [3.05, 3.63) is 63.6 Å². The van der Waals surface area contributed by atoms with E-state index in [1.165, 1.54) is 11.3 Å². The molecule has 5 nitrogen and oxygen atoms in total. The van der Waals surface area contributed by atoms with Crippen LogP contribution < -0.4 is 5.32 Å². The normalized spacial score (nSPS) is 10.5. The molecule has 2 aromatic carbocycles. The third-order valence-corrected chi connectivity index (χ3v) is 4.91. The molecule has 0 aliphatic rings. The summed E-state index contributed by atoms with van der Waals surface area (Å²) in [5, 5.41) is 3.27. The van der Waals surface area contributed by atoms with Crippen molar-refractivity contribution in [1.29, 1.82) is 0 Å². The minimum Gasteiger partial charge on any atom is -0.457 e. The molecule has 0 bridgehead atoms. The lowest BCUT2D eigenvalue weighted by Crippen LogP contribution is -2.30. The lowest BCUT2D eigenvalue weighted by molar-refractivity contribution is -0.143. The molecule has 0 saturated heterocycles. The number of nitrogens with one attached hydrogen (secondary N) is 1. The van der Waals surface area contributed by atoms with Crippen molar-refractivity contribution in [3.63, 3.8) is 0 Å². The summed E-state index contributed by atoms with van der Waals surface area (Å²) in [4.78, 5) is 28.2. The number of amides is 1. The number of esters is 1. The molecule has 7 heteroatoms. The molecule has 0 radical (unpaired) electrons. The zero-order valence-corrected chi connectivity index (χ0v) is 14.9. The van der Waals surface area contributed by atoms with E-state index in [0.717, 1.165) is 15.2 Å². The van der Waals surface area contributed by atoms with Gasteiger partial charge in [-0.15, -0.1) is 11.3 Å². The van der Waals surface area contributed by atoms with Crippen molar-refractivity contribution in [2.24, 2.45) is 0 Å². The Kier molecular flexibility index (Phi) is 5.22. The standard InChI is InChI=1S/C17H13BrN2O3S/c18-12-6-2-1-5-11(12)17(22)19-9-16(21)23-10-15-20-13-7-3-4-8-14(13)24-15/h1-8H,9-10H2,(H,19,22). The molecule has 0 aliphatic carbocycles. The van der Waals surface area contributed by atoms with Gasteiger partial charge in [0.1, 0.15) is 18.2 Å². The van der Waals surface area contributed by atoms with Gasteiger partial charge >= 0.3 is 5.97 Å². The molecule has 122 valence electrons. The third-order valence-electron chi connectivity index (χ3n) is 3.21. The predicted molar refractivity (Wildman–Crippen MR) is 95.9 cm³/mol. The van der Waals surface area contributed by atoms with Gasteiger partial charge in [0.25, 0.3) is 5.91 Å². The first-order valence-electron chi connectivity index (χ1n) is 7.16. The number of benzene rings is 2. The smallest absolute Gasteiger partial charge is 0.325 e. The van der Waals surface area contributed by atoms with Crippen molar-refractivity contribution >= 4 is 49.4 Å². The van der Waals surface area contributed by atoms with Crippen LogP contribution in [0.15, 0.2) is 53.0 Å². The zero-order chi connectivity index (χ0) is 16.9. The van der Waals surface area contributed by atoms with Crippen LogP contribution in [0.3, 0.4) is 0 Å². The van der Waals surface area contributed by atoms with E-state index < -0.39 is 5.97 Å². The van der Waals surface area contributed by atoms with Crippen molar-refractivity contribution in [2.75, 3.05) is 6.54 Å². The monoisotopic (exact) mass is 404 g/mol. The molecule has 0 saturated carbocycles. The first kappa shape index (κ1) is 16.6. The minimum atomic E-state index is -0.505. The zero-order valence-electron chi connectivity index (χ0n) is 12.5. The van der Waals surface area contributed by atoms with Gasteiger partial charge in [0, 0.05) is 4.47 Å². The topological polar surface area (TPSA) is 68.3 Å². The Balaban J connectivity index is 1.51. The first-order chi connectivity index (χ1) is 11.6. The molecule has 0 spiro atoms. The summed E-state index contributed by atoms with van der Waals surface area (Å²) in [6.45, 7) is -0.0891. The Morgan fingerprint density at radius 2 is 1.88 bits per heavy atom. The van der Waals surface area contributed by atoms with Crippen LogP contribution in [-0.2, 0) is 16.1 Å². The van der Waals surface area contributed by atoms with E-state index in [2.05, 4.69) is 26.2 Å². The molecule has 0 fully saturated rings. The highest BCUT2D eigenvalue weighted by atomic mass is 79.9. The van der Waals surface area contributed by atoms with Crippen LogP contribution in [0.5, 0.6) is 0 Å². The van der Waals surface area contributed by atoms with Crippen LogP contribution in [0.1, 0.15) is 15.4 Å². The summed E-state index contributed by atoms with van der Waals surface area (Å²) < 4.78 is 6.88. The number of thiazole rings is 1. The van der Waals surface area contributed by atoms with Gasteiger partial charge in [-0.25, -0.2) is 4.98 Å². The van der Waals surface area contributed by atoms with Crippen LogP contribution in [0.2, 0.25) is 0 Å². The summed E-state index contributed by atoms with van der Waals surface area (Å²) in [6, 6.07) is 14.7. The summed E-state index contributed by atoms with van der Waals surface area (Å²) >= 11 is 4.78. The number of fused-ring (bicyclic) bond motifs is 1. The van der Waals surface area contributed by atoms with Crippen molar-refractivity contribution in [1.82, 2.24) is 10.3 Å². The van der Waals surface area contributed by atoms with Gasteiger partial charge in [-0.1, -0.05) is 24.3 Å². The van der Waals surface area contributed by atoms with Crippen molar-refractivity contribution < 1.29 is 14.3 Å². The molecule has 3 aromatic rings. The average molecular weight is 405 g/mol. The molecule has 0 unspecified atom stereocenters. The van der Waals surface area contributed by atoms with Gasteiger partial charge in [0.15, 0.2) is 0 Å². The van der Waals surface area contributed by atoms with E-state index in [1.807, 2.05) is 30.3 Å². The molecule has 1 heterocycles. The van der Waals surface area contributed by atoms with Crippen LogP contribution in [0.25, 0.3) is 10.2 Å². The lowest BCUT2D eigenvalue weighted by atomic mass is 10.2. The van der Waals surface area contributed by atoms with Gasteiger partial charge in [0.2, 0.25) is 0 Å². The molecule has 3 rings (SSSR count). The Labute approximate surface area is 150 Å². The second-order valence-corrected chi connectivity index (χ2v) is 6.87. The van der Waals surface area contributed by atoms with Gasteiger partial charge in [-0.05, 0) is 40.2 Å². The van der Waals surface area contributed by atoms with E-state index in [4.69, 9.17) is 4.74 Å². The third kappa shape index (κ3) is 3.98. The number of carbonyl (C=O) groups excluding carboxylic acids is 2. The Morgan fingerprint density at radius 3 is 2.67 bits per heavy atom. The number of nitrogens with zero attached hydrogens (tertiary/aromatic N) is 1. The lowest BCUT2D eigenvalue weighted by Gasteiger charge is -2.06. The number of aromatic nitrogens is 1. The van der Waals surface area contributed by atoms with Crippen LogP contribution in [0.4, 0.5) is 0 Å². The fourth-order valence-corrected chi connectivity index (χ4v) is 3.41. The number of hydrogen-bond donors (Lipinski definition) is 1. The number of hydrogen-bond acceptors (Lipinski definition) is 5. The highest BCUT2D eigenvalue weighted by Crippen LogP contribution is 2.22. The molecule has 0 atom stereocenters. The van der Waals surface area contributed by atoms with E-state index >= 15 is 0 Å². The molecule has 1 amide bonds. The van der Waals surface area contributed by atoms with Crippen LogP contribution in [0, 0.1) is 0 Å². The maximum absolute atomic E-state index is 12.0. The fourth-order valence-electron chi connectivity index (χ4n) is 2.07. The second kappa shape index (κ2) is 7.55. The molecular weight excluding hydrogens is 392 g/mol. The SMILES string of the molecule is O=C(CNC(=O)c1ccccc1Br)OCc1nc2ccccc2s1. The van der Waals surface area contributed by atoms with E-state index in [0.29, 0.717) is 10.0 Å². The Bertz CT molecular complexity index is 861. The first-order valence-corrected chi connectivity index (χ1v) is 8.77. The van der Waals surface area contributed by atoms with Gasteiger partial charge in [-0.3, -0.25) is 9.59 Å². The maximum Gasteiger partial charge on any atom is 0.325 e. The highest BCUT2D eigenvalue weighted by molar-refractivity contribution is 9.10. The minimum absolute atomic E-state index is 0.100. The van der Waals surface area contributed by atoms with Gasteiger partial charge in [-0.2, -0.15) is 0 Å². The van der Waals surface area contributed by atoms with Crippen LogP contribution in [-0.4, -0.2) is 23.4 Å². The van der Waals surface area contributed by atoms with Gasteiger partial charge in [0.05, 0.1) is 15.8 Å². The number of ether oxygens (including phenoxy) is 1. The number of para-hydroxylation sites is 1. The number of halogens is 1. The van der Waals surface area contributed by atoms with Crippen molar-refractivity contribution in [2.45, 2.75) is 6.61 Å². The summed E-state index contributed by atoms with van der Waals surface area (Å²) in [5.74, 6) is -0.839. The quantitative estimate of drug-likeness (QED) is 0.660. The Hall–Kier alpha value is -2.25. The summed E-state index contributed by atoms with van der Waals surface area (Å²) in [7, 11) is 0. The predicted octanol–water partition coefficient (Wildman–Crippen LogP) is 3.53. The van der Waals surface area contributed by atoms with E-state index in [9.17, 15) is 9.59 Å². The summed E-state index contributed by atoms with van der Waals surface area (Å²) in [6.07, 6.45) is 0. The molecule has 0 aliphatic heterocycles. The summed E-state index contributed by atoms with van der Waals surface area (Å²) in [5.41, 5.74) is 1.35. The highest BCUT2D eigenvalue weighted by Gasteiger charge is 2.12. The largest absolute Gasteiger partial charge is 0.457 e. The van der Waals surface area contributed by atoms with E-state index in [-0.39, 0.29) is 19.1 Å². The average Bonchev–Trinajstić information content (AvgIpc) is 3.01. The molecule has 1 N–H and O–H groups in total. The molecular formula is C17H13BrN2O3S. The number of rotatable bonds is 5. The van der Waals surface area contributed by atoms with Crippen molar-refractivity contribution in [3.8, 4) is 0 Å². The van der Waals surface area contributed by atoms with Gasteiger partial charge < -0.3 is 10.1 Å². The molecule has 24 heavy (non-hydrogen) atoms. The van der Waals surface area contributed by atoms with E-state index in [1.54, 1.807) is 18.2 Å².